The van der Waals surface area contributed by atoms with Crippen molar-refractivity contribution in [2.24, 2.45) is 5.73 Å². The highest BCUT2D eigenvalue weighted by atomic mass is 19.2. The molecule has 100 valence electrons. The third kappa shape index (κ3) is 3.15. The Hall–Kier alpha value is -1.81. The number of hydrogen-bond acceptors (Lipinski definition) is 1. The van der Waals surface area contributed by atoms with Crippen LogP contribution in [-0.2, 0) is 6.42 Å². The van der Waals surface area contributed by atoms with E-state index >= 15 is 0 Å². The molecule has 2 N–H and O–H groups in total. The molecule has 4 heteroatoms. The monoisotopic (exact) mass is 265 g/mol. The van der Waals surface area contributed by atoms with Crippen molar-refractivity contribution >= 4 is 0 Å². The minimum atomic E-state index is -0.927. The lowest BCUT2D eigenvalue weighted by molar-refractivity contribution is 0.505. The molecule has 0 aliphatic rings. The van der Waals surface area contributed by atoms with Crippen molar-refractivity contribution in [2.45, 2.75) is 19.4 Å². The molecule has 1 unspecified atom stereocenters. The van der Waals surface area contributed by atoms with Crippen LogP contribution in [-0.4, -0.2) is 0 Å². The Morgan fingerprint density at radius 1 is 1.00 bits per heavy atom. The van der Waals surface area contributed by atoms with Crippen molar-refractivity contribution in [3.8, 4) is 0 Å². The lowest BCUT2D eigenvalue weighted by Gasteiger charge is -2.14. The molecule has 1 atom stereocenters. The quantitative estimate of drug-likeness (QED) is 0.900. The maximum absolute atomic E-state index is 13.2. The first-order valence-corrected chi connectivity index (χ1v) is 5.93. The molecule has 0 saturated carbocycles. The Kier molecular flexibility index (Phi) is 3.90. The predicted molar refractivity (Wildman–Crippen MR) is 68.1 cm³/mol. The molecule has 2 aromatic carbocycles. The second kappa shape index (κ2) is 5.45. The fourth-order valence-corrected chi connectivity index (χ4v) is 1.96. The van der Waals surface area contributed by atoms with E-state index in [-0.39, 0.29) is 5.82 Å². The Morgan fingerprint density at radius 3 is 2.42 bits per heavy atom. The molecule has 0 aliphatic heterocycles. The van der Waals surface area contributed by atoms with Gasteiger partial charge in [-0.1, -0.05) is 12.1 Å². The summed E-state index contributed by atoms with van der Waals surface area (Å²) in [5.41, 5.74) is 8.12. The Balaban J connectivity index is 2.22. The Morgan fingerprint density at radius 2 is 1.74 bits per heavy atom. The summed E-state index contributed by atoms with van der Waals surface area (Å²) in [4.78, 5) is 0. The molecule has 0 spiro atoms. The van der Waals surface area contributed by atoms with E-state index in [1.165, 1.54) is 18.2 Å². The summed E-state index contributed by atoms with van der Waals surface area (Å²) in [5.74, 6) is -2.17. The van der Waals surface area contributed by atoms with Gasteiger partial charge in [-0.2, -0.15) is 0 Å². The molecule has 1 nitrogen and oxygen atoms in total. The van der Waals surface area contributed by atoms with E-state index < -0.39 is 17.7 Å². The molecule has 0 heterocycles. The molecule has 0 aromatic heterocycles. The summed E-state index contributed by atoms with van der Waals surface area (Å²) in [6, 6.07) is 7.52. The highest BCUT2D eigenvalue weighted by molar-refractivity contribution is 5.30. The van der Waals surface area contributed by atoms with Gasteiger partial charge in [-0.3, -0.25) is 0 Å². The average Bonchev–Trinajstić information content (AvgIpc) is 2.37. The smallest absolute Gasteiger partial charge is 0.159 e. The Bertz CT molecular complexity index is 596. The zero-order chi connectivity index (χ0) is 14.0. The molecule has 2 rings (SSSR count). The third-order valence-electron chi connectivity index (χ3n) is 3.12. The van der Waals surface area contributed by atoms with Crippen LogP contribution in [0.15, 0.2) is 36.4 Å². The number of aryl methyl sites for hydroxylation is 1. The van der Waals surface area contributed by atoms with Crippen molar-refractivity contribution in [3.63, 3.8) is 0 Å². The van der Waals surface area contributed by atoms with Crippen LogP contribution in [0.4, 0.5) is 13.2 Å². The second-order valence-electron chi connectivity index (χ2n) is 4.55. The molecule has 0 bridgehead atoms. The lowest BCUT2D eigenvalue weighted by atomic mass is 9.96. The molecule has 0 radical (unpaired) electrons. The maximum atomic E-state index is 13.2. The van der Waals surface area contributed by atoms with Gasteiger partial charge in [0.15, 0.2) is 11.6 Å². The van der Waals surface area contributed by atoms with Gasteiger partial charge >= 0.3 is 0 Å². The Labute approximate surface area is 109 Å². The number of rotatable bonds is 3. The summed E-state index contributed by atoms with van der Waals surface area (Å²) in [6.45, 7) is 1.85. The first kappa shape index (κ1) is 13.6. The molecule has 0 saturated heterocycles. The largest absolute Gasteiger partial charge is 0.324 e. The van der Waals surface area contributed by atoms with Crippen LogP contribution < -0.4 is 5.73 Å². The van der Waals surface area contributed by atoms with E-state index in [0.29, 0.717) is 12.0 Å². The summed E-state index contributed by atoms with van der Waals surface area (Å²) in [6.07, 6.45) is 0.370. The normalized spacial score (nSPS) is 12.5. The van der Waals surface area contributed by atoms with Gasteiger partial charge in [0.1, 0.15) is 5.82 Å². The summed E-state index contributed by atoms with van der Waals surface area (Å²) in [5, 5.41) is 0. The standard InChI is InChI=1S/C15H14F3N/c1-9-2-4-12(16)6-11(9)8-15(19)10-3-5-13(17)14(18)7-10/h2-7,15H,8,19H2,1H3. The van der Waals surface area contributed by atoms with Crippen LogP contribution in [0.3, 0.4) is 0 Å². The van der Waals surface area contributed by atoms with Crippen molar-refractivity contribution in [3.05, 3.63) is 70.5 Å². The van der Waals surface area contributed by atoms with Gasteiger partial charge in [0.2, 0.25) is 0 Å². The molecule has 0 amide bonds. The van der Waals surface area contributed by atoms with Crippen LogP contribution in [0.1, 0.15) is 22.7 Å². The fourth-order valence-electron chi connectivity index (χ4n) is 1.96. The molecule has 0 aliphatic carbocycles. The van der Waals surface area contributed by atoms with Gasteiger partial charge in [-0.25, -0.2) is 13.2 Å². The minimum Gasteiger partial charge on any atom is -0.324 e. The van der Waals surface area contributed by atoms with Gasteiger partial charge < -0.3 is 5.73 Å². The topological polar surface area (TPSA) is 26.0 Å². The third-order valence-corrected chi connectivity index (χ3v) is 3.12. The van der Waals surface area contributed by atoms with E-state index in [1.54, 1.807) is 6.07 Å². The number of hydrogen-bond donors (Lipinski definition) is 1. The number of benzene rings is 2. The van der Waals surface area contributed by atoms with Crippen LogP contribution in [0, 0.1) is 24.4 Å². The zero-order valence-electron chi connectivity index (χ0n) is 10.5. The minimum absolute atomic E-state index is 0.335. The molecular weight excluding hydrogens is 251 g/mol. The van der Waals surface area contributed by atoms with Crippen molar-refractivity contribution in [2.75, 3.05) is 0 Å². The summed E-state index contributed by atoms with van der Waals surface area (Å²) < 4.78 is 39.1. The van der Waals surface area contributed by atoms with Gasteiger partial charge in [0.05, 0.1) is 0 Å². The van der Waals surface area contributed by atoms with Crippen LogP contribution >= 0.6 is 0 Å². The number of nitrogens with two attached hydrogens (primary N) is 1. The summed E-state index contributed by atoms with van der Waals surface area (Å²) in [7, 11) is 0. The highest BCUT2D eigenvalue weighted by Crippen LogP contribution is 2.21. The van der Waals surface area contributed by atoms with E-state index in [2.05, 4.69) is 0 Å². The van der Waals surface area contributed by atoms with Crippen LogP contribution in [0.2, 0.25) is 0 Å². The molecule has 0 fully saturated rings. The first-order chi connectivity index (χ1) is 8.97. The van der Waals surface area contributed by atoms with E-state index in [4.69, 9.17) is 5.73 Å². The second-order valence-corrected chi connectivity index (χ2v) is 4.55. The van der Waals surface area contributed by atoms with Crippen molar-refractivity contribution in [1.82, 2.24) is 0 Å². The van der Waals surface area contributed by atoms with Crippen molar-refractivity contribution in [1.29, 1.82) is 0 Å². The zero-order valence-corrected chi connectivity index (χ0v) is 10.5. The summed E-state index contributed by atoms with van der Waals surface area (Å²) >= 11 is 0. The number of halogens is 3. The van der Waals surface area contributed by atoms with E-state index in [1.807, 2.05) is 6.92 Å². The first-order valence-electron chi connectivity index (χ1n) is 5.93. The lowest BCUT2D eigenvalue weighted by Crippen LogP contribution is -2.14. The van der Waals surface area contributed by atoms with Gasteiger partial charge in [0.25, 0.3) is 0 Å². The van der Waals surface area contributed by atoms with Crippen LogP contribution in [0.25, 0.3) is 0 Å². The molecule has 19 heavy (non-hydrogen) atoms. The maximum Gasteiger partial charge on any atom is 0.159 e. The van der Waals surface area contributed by atoms with Gasteiger partial charge in [0, 0.05) is 6.04 Å². The van der Waals surface area contributed by atoms with E-state index in [9.17, 15) is 13.2 Å². The predicted octanol–water partition coefficient (Wildman–Crippen LogP) is 3.65. The molecular formula is C15H14F3N. The highest BCUT2D eigenvalue weighted by Gasteiger charge is 2.12. The van der Waals surface area contributed by atoms with Gasteiger partial charge in [-0.05, 0) is 54.3 Å². The van der Waals surface area contributed by atoms with Crippen LogP contribution in [0.5, 0.6) is 0 Å². The van der Waals surface area contributed by atoms with Gasteiger partial charge in [-0.15, -0.1) is 0 Å². The average molecular weight is 265 g/mol. The van der Waals surface area contributed by atoms with Crippen molar-refractivity contribution < 1.29 is 13.2 Å². The molecule has 2 aromatic rings. The SMILES string of the molecule is Cc1ccc(F)cc1CC(N)c1ccc(F)c(F)c1. The van der Waals surface area contributed by atoms with E-state index in [0.717, 1.165) is 23.3 Å². The fraction of sp³-hybridized carbons (Fsp3) is 0.200.